The summed E-state index contributed by atoms with van der Waals surface area (Å²) in [7, 11) is 0. The molecule has 0 bridgehead atoms. The molecule has 0 unspecified atom stereocenters. The number of benzene rings is 4. The quantitative estimate of drug-likeness (QED) is 0.246. The second kappa shape index (κ2) is 8.96. The standard InChI is InChI=1S/C32H22ClFN2O/c1-32(2)30-29(35-31(36-30)28-25(33)9-6-10-26(28)34)24-18-15-21(19-27(24)37-32)12-11-20-13-16-23(17-14-20)22-7-4-3-5-8-22/h3-10,13-19H,1-2H3,(H,35,36). The summed E-state index contributed by atoms with van der Waals surface area (Å²) in [5.41, 5.74) is 5.95. The highest BCUT2D eigenvalue weighted by Gasteiger charge is 2.37. The van der Waals surface area contributed by atoms with Crippen LogP contribution in [0.25, 0.3) is 33.8 Å². The Balaban J connectivity index is 1.33. The molecule has 0 radical (unpaired) electrons. The fourth-order valence-corrected chi connectivity index (χ4v) is 4.83. The van der Waals surface area contributed by atoms with Gasteiger partial charge in [0.2, 0.25) is 0 Å². The van der Waals surface area contributed by atoms with Crippen molar-refractivity contribution >= 4 is 11.6 Å². The third kappa shape index (κ3) is 4.28. The number of nitrogens with zero attached hydrogens (tertiary/aromatic N) is 1. The number of halogens is 2. The fourth-order valence-electron chi connectivity index (χ4n) is 4.58. The molecule has 0 spiro atoms. The predicted octanol–water partition coefficient (Wildman–Crippen LogP) is 8.23. The first-order valence-electron chi connectivity index (χ1n) is 11.9. The van der Waals surface area contributed by atoms with Gasteiger partial charge in [-0.1, -0.05) is 72.0 Å². The highest BCUT2D eigenvalue weighted by molar-refractivity contribution is 6.33. The largest absolute Gasteiger partial charge is 0.481 e. The number of hydrogen-bond acceptors (Lipinski definition) is 2. The lowest BCUT2D eigenvalue weighted by Crippen LogP contribution is -2.29. The Hall–Kier alpha value is -4.33. The third-order valence-electron chi connectivity index (χ3n) is 6.43. The lowest BCUT2D eigenvalue weighted by Gasteiger charge is -2.31. The highest BCUT2D eigenvalue weighted by atomic mass is 35.5. The van der Waals surface area contributed by atoms with E-state index in [0.717, 1.165) is 27.9 Å². The summed E-state index contributed by atoms with van der Waals surface area (Å²) in [6.07, 6.45) is 0. The first kappa shape index (κ1) is 23.1. The van der Waals surface area contributed by atoms with E-state index in [9.17, 15) is 4.39 Å². The highest BCUT2D eigenvalue weighted by Crippen LogP contribution is 2.45. The van der Waals surface area contributed by atoms with Crippen LogP contribution in [0.1, 0.15) is 30.7 Å². The summed E-state index contributed by atoms with van der Waals surface area (Å²) in [4.78, 5) is 7.98. The van der Waals surface area contributed by atoms with Crippen LogP contribution in [0.3, 0.4) is 0 Å². The van der Waals surface area contributed by atoms with E-state index in [2.05, 4.69) is 46.1 Å². The molecule has 1 aliphatic heterocycles. The monoisotopic (exact) mass is 504 g/mol. The van der Waals surface area contributed by atoms with Crippen molar-refractivity contribution in [1.82, 2.24) is 9.97 Å². The van der Waals surface area contributed by atoms with Crippen LogP contribution in [-0.2, 0) is 5.60 Å². The van der Waals surface area contributed by atoms with Gasteiger partial charge in [-0.25, -0.2) is 9.37 Å². The van der Waals surface area contributed by atoms with Gasteiger partial charge in [0, 0.05) is 16.7 Å². The molecule has 0 saturated heterocycles. The van der Waals surface area contributed by atoms with Gasteiger partial charge < -0.3 is 9.72 Å². The molecule has 180 valence electrons. The average molecular weight is 505 g/mol. The molecule has 5 heteroatoms. The number of aromatic amines is 1. The Labute approximate surface area is 219 Å². The van der Waals surface area contributed by atoms with Crippen molar-refractivity contribution in [3.05, 3.63) is 119 Å². The van der Waals surface area contributed by atoms with Crippen molar-refractivity contribution in [1.29, 1.82) is 0 Å². The van der Waals surface area contributed by atoms with E-state index in [4.69, 9.17) is 16.3 Å². The molecule has 0 amide bonds. The maximum Gasteiger partial charge on any atom is 0.147 e. The lowest BCUT2D eigenvalue weighted by molar-refractivity contribution is 0.101. The van der Waals surface area contributed by atoms with Crippen LogP contribution in [0.15, 0.2) is 91.0 Å². The number of H-pyrrole nitrogens is 1. The van der Waals surface area contributed by atoms with E-state index in [1.165, 1.54) is 11.6 Å². The average Bonchev–Trinajstić information content (AvgIpc) is 3.34. The maximum atomic E-state index is 14.6. The Kier molecular flexibility index (Phi) is 5.59. The molecule has 4 aromatic carbocycles. The summed E-state index contributed by atoms with van der Waals surface area (Å²) in [5, 5.41) is 0.299. The molecule has 0 atom stereocenters. The van der Waals surface area contributed by atoms with E-state index in [-0.39, 0.29) is 5.56 Å². The minimum Gasteiger partial charge on any atom is -0.481 e. The Morgan fingerprint density at radius 2 is 1.54 bits per heavy atom. The molecule has 1 aromatic heterocycles. The van der Waals surface area contributed by atoms with E-state index in [1.807, 2.05) is 62.4 Å². The molecule has 0 fully saturated rings. The molecule has 1 N–H and O–H groups in total. The van der Waals surface area contributed by atoms with Crippen LogP contribution in [0.4, 0.5) is 4.39 Å². The van der Waals surface area contributed by atoms with Gasteiger partial charge in [0.15, 0.2) is 0 Å². The third-order valence-corrected chi connectivity index (χ3v) is 6.75. The number of fused-ring (bicyclic) bond motifs is 3. The Morgan fingerprint density at radius 1 is 0.838 bits per heavy atom. The molecular formula is C32H22ClFN2O. The molecule has 5 aromatic rings. The maximum absolute atomic E-state index is 14.6. The Bertz CT molecular complexity index is 1670. The zero-order valence-electron chi connectivity index (χ0n) is 20.3. The van der Waals surface area contributed by atoms with Crippen LogP contribution in [0.2, 0.25) is 5.02 Å². The zero-order valence-corrected chi connectivity index (χ0v) is 21.0. The zero-order chi connectivity index (χ0) is 25.6. The van der Waals surface area contributed by atoms with Gasteiger partial charge >= 0.3 is 0 Å². The van der Waals surface area contributed by atoms with Crippen molar-refractivity contribution in [3.8, 4) is 51.4 Å². The molecular weight excluding hydrogens is 483 g/mol. The number of imidazole rings is 1. The van der Waals surface area contributed by atoms with Gasteiger partial charge in [0.05, 0.1) is 16.3 Å². The van der Waals surface area contributed by atoms with Crippen molar-refractivity contribution < 1.29 is 9.13 Å². The SMILES string of the molecule is CC1(C)Oc2cc(C#Cc3ccc(-c4ccccc4)cc3)ccc2-c2[nH]c(-c3c(F)cccc3Cl)nc21. The Morgan fingerprint density at radius 3 is 2.30 bits per heavy atom. The van der Waals surface area contributed by atoms with Crippen molar-refractivity contribution in [2.75, 3.05) is 0 Å². The number of ether oxygens (including phenoxy) is 1. The first-order valence-corrected chi connectivity index (χ1v) is 12.3. The van der Waals surface area contributed by atoms with Crippen LogP contribution in [0.5, 0.6) is 5.75 Å². The predicted molar refractivity (Wildman–Crippen MR) is 146 cm³/mol. The summed E-state index contributed by atoms with van der Waals surface area (Å²) in [6.45, 7) is 3.88. The summed E-state index contributed by atoms with van der Waals surface area (Å²) < 4.78 is 20.9. The number of aromatic nitrogens is 2. The molecule has 0 saturated carbocycles. The smallest absolute Gasteiger partial charge is 0.147 e. The van der Waals surface area contributed by atoms with Gasteiger partial charge in [0.25, 0.3) is 0 Å². The normalized spacial score (nSPS) is 13.1. The summed E-state index contributed by atoms with van der Waals surface area (Å²) in [5.74, 6) is 7.13. The molecule has 2 heterocycles. The van der Waals surface area contributed by atoms with Gasteiger partial charge in [-0.05, 0) is 67.4 Å². The molecule has 1 aliphatic rings. The second-order valence-corrected chi connectivity index (χ2v) is 9.83. The lowest BCUT2D eigenvalue weighted by atomic mass is 9.94. The van der Waals surface area contributed by atoms with Crippen molar-refractivity contribution in [3.63, 3.8) is 0 Å². The number of hydrogen-bond donors (Lipinski definition) is 1. The molecule has 0 aliphatic carbocycles. The first-order chi connectivity index (χ1) is 17.9. The van der Waals surface area contributed by atoms with Crippen molar-refractivity contribution in [2.45, 2.75) is 19.4 Å². The van der Waals surface area contributed by atoms with E-state index in [1.54, 1.807) is 12.1 Å². The summed E-state index contributed by atoms with van der Waals surface area (Å²) in [6, 6.07) is 28.9. The van der Waals surface area contributed by atoms with Gasteiger partial charge in [-0.2, -0.15) is 0 Å². The number of nitrogens with one attached hydrogen (secondary N) is 1. The van der Waals surface area contributed by atoms with E-state index in [0.29, 0.717) is 22.3 Å². The van der Waals surface area contributed by atoms with Crippen LogP contribution in [-0.4, -0.2) is 9.97 Å². The molecule has 37 heavy (non-hydrogen) atoms. The molecule has 3 nitrogen and oxygen atoms in total. The van der Waals surface area contributed by atoms with Crippen LogP contribution in [0, 0.1) is 17.7 Å². The van der Waals surface area contributed by atoms with Crippen LogP contribution >= 0.6 is 11.6 Å². The van der Waals surface area contributed by atoms with Gasteiger partial charge in [-0.15, -0.1) is 0 Å². The van der Waals surface area contributed by atoms with Crippen LogP contribution < -0.4 is 4.74 Å². The van der Waals surface area contributed by atoms with Gasteiger partial charge in [0.1, 0.15) is 28.7 Å². The van der Waals surface area contributed by atoms with Gasteiger partial charge in [-0.3, -0.25) is 0 Å². The second-order valence-electron chi connectivity index (χ2n) is 9.42. The van der Waals surface area contributed by atoms with Crippen molar-refractivity contribution in [2.24, 2.45) is 0 Å². The molecule has 6 rings (SSSR count). The fraction of sp³-hybridized carbons (Fsp3) is 0.0938. The topological polar surface area (TPSA) is 37.9 Å². The number of rotatable bonds is 2. The summed E-state index contributed by atoms with van der Waals surface area (Å²) >= 11 is 6.30. The minimum atomic E-state index is -0.728. The minimum absolute atomic E-state index is 0.247. The van der Waals surface area contributed by atoms with E-state index < -0.39 is 11.4 Å². The van der Waals surface area contributed by atoms with E-state index >= 15 is 0 Å².